The van der Waals surface area contributed by atoms with E-state index in [1.54, 1.807) is 6.92 Å². The summed E-state index contributed by atoms with van der Waals surface area (Å²) in [6, 6.07) is 30.7. The summed E-state index contributed by atoms with van der Waals surface area (Å²) in [5.74, 6) is 0.104. The van der Waals surface area contributed by atoms with Crippen molar-refractivity contribution in [3.05, 3.63) is 96.6 Å². The number of aromatic amines is 2. The van der Waals surface area contributed by atoms with Crippen LogP contribution in [0.5, 0.6) is 0 Å². The van der Waals surface area contributed by atoms with Crippen molar-refractivity contribution < 1.29 is 4.79 Å². The Hall–Kier alpha value is -3.85. The molecule has 0 saturated heterocycles. The van der Waals surface area contributed by atoms with Gasteiger partial charge in [0.2, 0.25) is 0 Å². The number of aromatic nitrogens is 2. The van der Waals surface area contributed by atoms with Crippen LogP contribution < -0.4 is 0 Å². The van der Waals surface area contributed by atoms with Crippen molar-refractivity contribution in [3.8, 4) is 0 Å². The molecule has 0 amide bonds. The van der Waals surface area contributed by atoms with Gasteiger partial charge in [-0.2, -0.15) is 0 Å². The first-order chi connectivity index (χ1) is 14.2. The van der Waals surface area contributed by atoms with Crippen LogP contribution >= 0.6 is 0 Å². The number of nitrogens with one attached hydrogen (secondary N) is 2. The van der Waals surface area contributed by atoms with Crippen molar-refractivity contribution in [2.45, 2.75) is 6.92 Å². The predicted molar refractivity (Wildman–Crippen MR) is 122 cm³/mol. The molecule has 0 fully saturated rings. The third-order valence-electron chi connectivity index (χ3n) is 5.33. The number of benzene rings is 4. The summed E-state index contributed by atoms with van der Waals surface area (Å²) in [7, 11) is 0. The number of carbonyl (C=O) groups excluding carboxylic acids is 1. The average Bonchev–Trinajstić information content (AvgIpc) is 3.32. The van der Waals surface area contributed by atoms with E-state index in [0.29, 0.717) is 0 Å². The van der Waals surface area contributed by atoms with Crippen molar-refractivity contribution >= 4 is 49.4 Å². The van der Waals surface area contributed by atoms with Crippen LogP contribution in [0, 0.1) is 0 Å². The quantitative estimate of drug-likeness (QED) is 0.303. The van der Waals surface area contributed by atoms with Crippen LogP contribution in [0.1, 0.15) is 17.3 Å². The standard InChI is InChI=1S/C14H11NO.C12H9N/c1-9(16)10-6-7-14-12(8-10)11-4-2-3-5-13(11)15-14;1-3-7-11-9(5-1)10-6-2-4-8-12(10)13-11/h2-8,15H,1H3;1-8,13H. The van der Waals surface area contributed by atoms with Crippen LogP contribution in [-0.2, 0) is 0 Å². The molecule has 0 aliphatic heterocycles. The van der Waals surface area contributed by atoms with Gasteiger partial charge in [0.05, 0.1) is 0 Å². The third kappa shape index (κ3) is 3.07. The molecule has 6 rings (SSSR count). The lowest BCUT2D eigenvalue weighted by molar-refractivity contribution is 0.101. The number of Topliss-reactive ketones (excluding diaryl/α,β-unsaturated/α-hetero) is 1. The van der Waals surface area contributed by atoms with Gasteiger partial charge in [-0.1, -0.05) is 54.6 Å². The van der Waals surface area contributed by atoms with Crippen molar-refractivity contribution in [3.63, 3.8) is 0 Å². The minimum Gasteiger partial charge on any atom is -0.355 e. The molecule has 0 aliphatic carbocycles. The summed E-state index contributed by atoms with van der Waals surface area (Å²) < 4.78 is 0. The number of para-hydroxylation sites is 3. The highest BCUT2D eigenvalue weighted by Gasteiger charge is 2.06. The molecule has 140 valence electrons. The zero-order valence-corrected chi connectivity index (χ0v) is 16.1. The van der Waals surface area contributed by atoms with E-state index in [2.05, 4.69) is 64.6 Å². The van der Waals surface area contributed by atoms with Crippen LogP contribution in [0.4, 0.5) is 0 Å². The first-order valence-corrected chi connectivity index (χ1v) is 9.67. The molecule has 0 saturated carbocycles. The van der Waals surface area contributed by atoms with E-state index in [1.165, 1.54) is 27.2 Å². The molecule has 3 nitrogen and oxygen atoms in total. The lowest BCUT2D eigenvalue weighted by Crippen LogP contribution is -1.90. The molecule has 4 aromatic carbocycles. The number of hydrogen-bond donors (Lipinski definition) is 2. The number of hydrogen-bond acceptors (Lipinski definition) is 1. The summed E-state index contributed by atoms with van der Waals surface area (Å²) in [6.07, 6.45) is 0. The number of H-pyrrole nitrogens is 2. The van der Waals surface area contributed by atoms with Crippen LogP contribution in [-0.4, -0.2) is 15.8 Å². The zero-order chi connectivity index (χ0) is 19.8. The molecule has 3 heteroatoms. The normalized spacial score (nSPS) is 11.1. The van der Waals surface area contributed by atoms with E-state index < -0.39 is 0 Å². The fraction of sp³-hybridized carbons (Fsp3) is 0.0385. The molecule has 0 atom stereocenters. The molecule has 6 aromatic rings. The second kappa shape index (κ2) is 6.95. The van der Waals surface area contributed by atoms with E-state index >= 15 is 0 Å². The molecule has 0 spiro atoms. The molecule has 0 bridgehead atoms. The van der Waals surface area contributed by atoms with Gasteiger partial charge in [-0.15, -0.1) is 0 Å². The third-order valence-corrected chi connectivity index (χ3v) is 5.33. The fourth-order valence-corrected chi connectivity index (χ4v) is 3.87. The number of carbonyl (C=O) groups is 1. The van der Waals surface area contributed by atoms with Crippen LogP contribution in [0.3, 0.4) is 0 Å². The molecule has 0 radical (unpaired) electrons. The first kappa shape index (κ1) is 17.3. The Balaban J connectivity index is 0.000000128. The highest BCUT2D eigenvalue weighted by Crippen LogP contribution is 2.26. The Morgan fingerprint density at radius 3 is 1.45 bits per heavy atom. The van der Waals surface area contributed by atoms with Gasteiger partial charge in [0.1, 0.15) is 0 Å². The molecule has 2 N–H and O–H groups in total. The first-order valence-electron chi connectivity index (χ1n) is 9.67. The van der Waals surface area contributed by atoms with Crippen LogP contribution in [0.25, 0.3) is 43.6 Å². The number of ketones is 1. The maximum absolute atomic E-state index is 11.3. The van der Waals surface area contributed by atoms with Gasteiger partial charge in [0.15, 0.2) is 5.78 Å². The molecular formula is C26H20N2O. The smallest absolute Gasteiger partial charge is 0.159 e. The molecule has 2 heterocycles. The summed E-state index contributed by atoms with van der Waals surface area (Å²) in [6.45, 7) is 1.59. The summed E-state index contributed by atoms with van der Waals surface area (Å²) in [5.41, 5.74) is 5.37. The Morgan fingerprint density at radius 2 is 0.966 bits per heavy atom. The van der Waals surface area contributed by atoms with E-state index in [0.717, 1.165) is 22.0 Å². The van der Waals surface area contributed by atoms with Gasteiger partial charge in [-0.3, -0.25) is 4.79 Å². The lowest BCUT2D eigenvalue weighted by atomic mass is 10.1. The van der Waals surface area contributed by atoms with Crippen molar-refractivity contribution in [1.29, 1.82) is 0 Å². The fourth-order valence-electron chi connectivity index (χ4n) is 3.87. The average molecular weight is 376 g/mol. The van der Waals surface area contributed by atoms with Crippen molar-refractivity contribution in [1.82, 2.24) is 9.97 Å². The SMILES string of the molecule is CC(=O)c1ccc2[nH]c3ccccc3c2c1.c1ccc2c(c1)[nH]c1ccccc12. The zero-order valence-electron chi connectivity index (χ0n) is 16.1. The Morgan fingerprint density at radius 1 is 0.552 bits per heavy atom. The lowest BCUT2D eigenvalue weighted by Gasteiger charge is -1.95. The van der Waals surface area contributed by atoms with Gasteiger partial charge in [0.25, 0.3) is 0 Å². The maximum Gasteiger partial charge on any atom is 0.159 e. The predicted octanol–water partition coefficient (Wildman–Crippen LogP) is 6.84. The molecule has 2 aromatic heterocycles. The minimum absolute atomic E-state index is 0.104. The second-order valence-electron chi connectivity index (χ2n) is 7.20. The Kier molecular flexibility index (Phi) is 4.14. The van der Waals surface area contributed by atoms with E-state index in [1.807, 2.05) is 36.4 Å². The maximum atomic E-state index is 11.3. The monoisotopic (exact) mass is 376 g/mol. The van der Waals surface area contributed by atoms with Gasteiger partial charge >= 0.3 is 0 Å². The largest absolute Gasteiger partial charge is 0.355 e. The molecule has 0 unspecified atom stereocenters. The van der Waals surface area contributed by atoms with Gasteiger partial charge < -0.3 is 9.97 Å². The topological polar surface area (TPSA) is 48.6 Å². The number of rotatable bonds is 1. The highest BCUT2D eigenvalue weighted by atomic mass is 16.1. The van der Waals surface area contributed by atoms with Crippen LogP contribution in [0.2, 0.25) is 0 Å². The Labute approximate surface area is 168 Å². The van der Waals surface area contributed by atoms with E-state index in [4.69, 9.17) is 0 Å². The van der Waals surface area contributed by atoms with E-state index in [-0.39, 0.29) is 5.78 Å². The van der Waals surface area contributed by atoms with Crippen molar-refractivity contribution in [2.24, 2.45) is 0 Å². The van der Waals surface area contributed by atoms with Crippen LogP contribution in [0.15, 0.2) is 91.0 Å². The minimum atomic E-state index is 0.104. The Bertz CT molecular complexity index is 1440. The summed E-state index contributed by atoms with van der Waals surface area (Å²) in [5, 5.41) is 4.89. The molecule has 29 heavy (non-hydrogen) atoms. The second-order valence-corrected chi connectivity index (χ2v) is 7.20. The van der Waals surface area contributed by atoms with Gasteiger partial charge in [-0.05, 0) is 43.3 Å². The van der Waals surface area contributed by atoms with E-state index in [9.17, 15) is 4.79 Å². The highest BCUT2D eigenvalue weighted by molar-refractivity contribution is 6.10. The molecule has 0 aliphatic rings. The van der Waals surface area contributed by atoms with Gasteiger partial charge in [0, 0.05) is 49.2 Å². The summed E-state index contributed by atoms with van der Waals surface area (Å²) >= 11 is 0. The molecular weight excluding hydrogens is 356 g/mol. The summed E-state index contributed by atoms with van der Waals surface area (Å²) in [4.78, 5) is 18.0. The van der Waals surface area contributed by atoms with Gasteiger partial charge in [-0.25, -0.2) is 0 Å². The van der Waals surface area contributed by atoms with Crippen molar-refractivity contribution in [2.75, 3.05) is 0 Å². The number of fused-ring (bicyclic) bond motifs is 6.